The van der Waals surface area contributed by atoms with Crippen LogP contribution in [0.3, 0.4) is 0 Å². The third-order valence-electron chi connectivity index (χ3n) is 3.20. The number of aromatic nitrogens is 1. The van der Waals surface area contributed by atoms with Crippen molar-refractivity contribution in [2.45, 2.75) is 19.8 Å². The monoisotopic (exact) mass is 347 g/mol. The molecule has 1 aromatic heterocycles. The van der Waals surface area contributed by atoms with Gasteiger partial charge in [-0.3, -0.25) is 4.72 Å². The highest BCUT2D eigenvalue weighted by molar-refractivity contribution is 9.10. The highest BCUT2D eigenvalue weighted by Crippen LogP contribution is 2.19. The van der Waals surface area contributed by atoms with Gasteiger partial charge in [-0.2, -0.15) is 0 Å². The summed E-state index contributed by atoms with van der Waals surface area (Å²) in [6.45, 7) is 3.63. The van der Waals surface area contributed by atoms with Crippen molar-refractivity contribution in [2.24, 2.45) is 5.92 Å². The molecule has 0 saturated carbocycles. The second kappa shape index (κ2) is 6.19. The van der Waals surface area contributed by atoms with Gasteiger partial charge in [-0.1, -0.05) is 0 Å². The summed E-state index contributed by atoms with van der Waals surface area (Å²) >= 11 is 3.34. The molecule has 7 heteroatoms. The van der Waals surface area contributed by atoms with Gasteiger partial charge >= 0.3 is 0 Å². The van der Waals surface area contributed by atoms with Gasteiger partial charge in [-0.15, -0.1) is 0 Å². The molecule has 0 unspecified atom stereocenters. The van der Waals surface area contributed by atoms with E-state index in [4.69, 9.17) is 0 Å². The molecule has 1 fully saturated rings. The molecular formula is C12H18BrN3O2S. The number of anilines is 1. The number of nitrogens with one attached hydrogen (secondary N) is 2. The number of sulfonamides is 1. The number of halogens is 1. The van der Waals surface area contributed by atoms with Crippen molar-refractivity contribution in [1.29, 1.82) is 0 Å². The van der Waals surface area contributed by atoms with Gasteiger partial charge in [-0.25, -0.2) is 13.4 Å². The van der Waals surface area contributed by atoms with E-state index in [0.29, 0.717) is 5.82 Å². The van der Waals surface area contributed by atoms with Gasteiger partial charge in [0.2, 0.25) is 10.0 Å². The quantitative estimate of drug-likeness (QED) is 0.872. The Kier molecular flexibility index (Phi) is 4.81. The van der Waals surface area contributed by atoms with Crippen LogP contribution < -0.4 is 10.0 Å². The van der Waals surface area contributed by atoms with E-state index >= 15 is 0 Å². The van der Waals surface area contributed by atoms with E-state index in [1.165, 1.54) is 0 Å². The van der Waals surface area contributed by atoms with Crippen LogP contribution >= 0.6 is 15.9 Å². The Bertz CT molecular complexity index is 542. The highest BCUT2D eigenvalue weighted by atomic mass is 79.9. The lowest BCUT2D eigenvalue weighted by Gasteiger charge is -2.22. The maximum absolute atomic E-state index is 12.1. The Labute approximate surface area is 122 Å². The number of piperidine rings is 1. The zero-order valence-electron chi connectivity index (χ0n) is 10.8. The van der Waals surface area contributed by atoms with Gasteiger partial charge in [0.1, 0.15) is 5.82 Å². The fraction of sp³-hybridized carbons (Fsp3) is 0.583. The van der Waals surface area contributed by atoms with Crippen LogP contribution in [-0.4, -0.2) is 32.2 Å². The molecule has 1 aliphatic rings. The molecular weight excluding hydrogens is 330 g/mol. The van der Waals surface area contributed by atoms with E-state index < -0.39 is 10.0 Å². The van der Waals surface area contributed by atoms with Crippen molar-refractivity contribution < 1.29 is 8.42 Å². The molecule has 1 aromatic rings. The highest BCUT2D eigenvalue weighted by Gasteiger charge is 2.21. The van der Waals surface area contributed by atoms with E-state index in [-0.39, 0.29) is 11.7 Å². The van der Waals surface area contributed by atoms with Gasteiger partial charge < -0.3 is 5.32 Å². The first kappa shape index (κ1) is 14.7. The number of rotatable bonds is 4. The van der Waals surface area contributed by atoms with Crippen LogP contribution in [0.1, 0.15) is 18.5 Å². The van der Waals surface area contributed by atoms with Crippen LogP contribution in [0.4, 0.5) is 5.82 Å². The summed E-state index contributed by atoms with van der Waals surface area (Å²) in [5.74, 6) is 0.788. The number of aryl methyl sites for hydroxylation is 1. The molecule has 2 heterocycles. The molecule has 0 aliphatic carbocycles. The van der Waals surface area contributed by atoms with Gasteiger partial charge in [0.05, 0.1) is 11.4 Å². The average Bonchev–Trinajstić information content (AvgIpc) is 2.34. The van der Waals surface area contributed by atoms with Crippen LogP contribution in [0.2, 0.25) is 0 Å². The fourth-order valence-corrected chi connectivity index (χ4v) is 3.85. The van der Waals surface area contributed by atoms with Gasteiger partial charge in [0, 0.05) is 4.47 Å². The maximum Gasteiger partial charge on any atom is 0.234 e. The Morgan fingerprint density at radius 2 is 2.11 bits per heavy atom. The lowest BCUT2D eigenvalue weighted by Crippen LogP contribution is -2.33. The zero-order valence-corrected chi connectivity index (χ0v) is 13.2. The Balaban J connectivity index is 2.01. The molecule has 0 spiro atoms. The first-order chi connectivity index (χ1) is 8.96. The number of nitrogens with zero attached hydrogens (tertiary/aromatic N) is 1. The minimum atomic E-state index is -3.32. The summed E-state index contributed by atoms with van der Waals surface area (Å²) in [4.78, 5) is 4.20. The third-order valence-corrected chi connectivity index (χ3v) is 5.46. The maximum atomic E-state index is 12.1. The number of hydrogen-bond donors (Lipinski definition) is 2. The predicted octanol–water partition coefficient (Wildman–Crippen LogP) is 1.89. The summed E-state index contributed by atoms with van der Waals surface area (Å²) in [6, 6.07) is 3.46. The van der Waals surface area contributed by atoms with Crippen molar-refractivity contribution in [1.82, 2.24) is 10.3 Å². The average molecular weight is 348 g/mol. The van der Waals surface area contributed by atoms with E-state index in [1.54, 1.807) is 12.1 Å². The Morgan fingerprint density at radius 1 is 1.42 bits per heavy atom. The van der Waals surface area contributed by atoms with Crippen molar-refractivity contribution in [2.75, 3.05) is 23.6 Å². The van der Waals surface area contributed by atoms with Crippen molar-refractivity contribution >= 4 is 31.8 Å². The third kappa shape index (κ3) is 4.43. The minimum Gasteiger partial charge on any atom is -0.317 e. The fourth-order valence-electron chi connectivity index (χ4n) is 2.16. The van der Waals surface area contributed by atoms with Crippen molar-refractivity contribution in [3.63, 3.8) is 0 Å². The molecule has 5 nitrogen and oxygen atoms in total. The van der Waals surface area contributed by atoms with Crippen LogP contribution in [-0.2, 0) is 10.0 Å². The second-order valence-corrected chi connectivity index (χ2v) is 7.46. The minimum absolute atomic E-state index is 0.172. The first-order valence-corrected chi connectivity index (χ1v) is 8.75. The zero-order chi connectivity index (χ0) is 13.9. The van der Waals surface area contributed by atoms with Gasteiger partial charge in [0.15, 0.2) is 0 Å². The molecule has 2 N–H and O–H groups in total. The largest absolute Gasteiger partial charge is 0.317 e. The number of hydrogen-bond acceptors (Lipinski definition) is 4. The Hall–Kier alpha value is -0.660. The van der Waals surface area contributed by atoms with E-state index in [9.17, 15) is 8.42 Å². The summed E-state index contributed by atoms with van der Waals surface area (Å²) in [7, 11) is -3.32. The molecule has 0 atom stereocenters. The molecule has 2 rings (SSSR count). The topological polar surface area (TPSA) is 71.1 Å². The van der Waals surface area contributed by atoms with Crippen molar-refractivity contribution in [3.8, 4) is 0 Å². The number of pyridine rings is 1. The molecule has 19 heavy (non-hydrogen) atoms. The van der Waals surface area contributed by atoms with Crippen molar-refractivity contribution in [3.05, 3.63) is 22.3 Å². The molecule has 1 saturated heterocycles. The van der Waals surface area contributed by atoms with Crippen LogP contribution in [0.25, 0.3) is 0 Å². The molecule has 0 amide bonds. The summed E-state index contributed by atoms with van der Waals surface area (Å²) < 4.78 is 27.6. The molecule has 1 aliphatic heterocycles. The summed E-state index contributed by atoms with van der Waals surface area (Å²) in [6.07, 6.45) is 1.82. The lowest BCUT2D eigenvalue weighted by atomic mass is 10.0. The summed E-state index contributed by atoms with van der Waals surface area (Å²) in [5.41, 5.74) is 0.766. The normalized spacial score (nSPS) is 17.4. The SMILES string of the molecule is Cc1nc(NS(=O)(=O)CC2CCNCC2)ccc1Br. The van der Waals surface area contributed by atoms with Crippen LogP contribution in [0.15, 0.2) is 16.6 Å². The lowest BCUT2D eigenvalue weighted by molar-refractivity contribution is 0.402. The molecule has 0 aromatic carbocycles. The molecule has 0 bridgehead atoms. The van der Waals surface area contributed by atoms with E-state index in [2.05, 4.69) is 31.0 Å². The Morgan fingerprint density at radius 3 is 2.74 bits per heavy atom. The van der Waals surface area contributed by atoms with E-state index in [1.807, 2.05) is 6.92 Å². The second-order valence-electron chi connectivity index (χ2n) is 4.84. The van der Waals surface area contributed by atoms with Crippen LogP contribution in [0, 0.1) is 12.8 Å². The standard InChI is InChI=1S/C12H18BrN3O2S/c1-9-11(13)2-3-12(15-9)16-19(17,18)8-10-4-6-14-7-5-10/h2-3,10,14H,4-8H2,1H3,(H,15,16). The van der Waals surface area contributed by atoms with Crippen LogP contribution in [0.5, 0.6) is 0 Å². The smallest absolute Gasteiger partial charge is 0.234 e. The van der Waals surface area contributed by atoms with E-state index in [0.717, 1.165) is 36.1 Å². The molecule has 106 valence electrons. The summed E-state index contributed by atoms with van der Waals surface area (Å²) in [5, 5.41) is 3.23. The first-order valence-electron chi connectivity index (χ1n) is 6.30. The predicted molar refractivity (Wildman–Crippen MR) is 79.7 cm³/mol. The van der Waals surface area contributed by atoms with Gasteiger partial charge in [0.25, 0.3) is 0 Å². The molecule has 0 radical (unpaired) electrons. The van der Waals surface area contributed by atoms with Gasteiger partial charge in [-0.05, 0) is 66.8 Å².